The molecule has 0 bridgehead atoms. The van der Waals surface area contributed by atoms with Crippen LogP contribution in [0.4, 0.5) is 11.5 Å². The lowest BCUT2D eigenvalue weighted by Crippen LogP contribution is -2.26. The van der Waals surface area contributed by atoms with Gasteiger partial charge in [-0.2, -0.15) is 0 Å². The van der Waals surface area contributed by atoms with Crippen molar-refractivity contribution < 1.29 is 4.79 Å². The lowest BCUT2D eigenvalue weighted by molar-refractivity contribution is 0.0947. The predicted octanol–water partition coefficient (Wildman–Crippen LogP) is 4.12. The normalized spacial score (nSPS) is 10.9. The first kappa shape index (κ1) is 17.9. The van der Waals surface area contributed by atoms with Crippen LogP contribution in [0.3, 0.4) is 0 Å². The third-order valence-corrected chi connectivity index (χ3v) is 3.75. The minimum Gasteiger partial charge on any atom is -0.351 e. The molecule has 2 rings (SSSR count). The molecule has 1 amide bonds. The lowest BCUT2D eigenvalue weighted by Gasteiger charge is -2.14. The summed E-state index contributed by atoms with van der Waals surface area (Å²) in [5.41, 5.74) is 2.58. The number of aromatic nitrogens is 2. The Labute approximate surface area is 143 Å². The monoisotopic (exact) mass is 326 g/mol. The van der Waals surface area contributed by atoms with Crippen LogP contribution in [0.5, 0.6) is 0 Å². The van der Waals surface area contributed by atoms with Crippen LogP contribution in [0, 0.1) is 5.92 Å². The lowest BCUT2D eigenvalue weighted by atomic mass is 10.0. The van der Waals surface area contributed by atoms with Crippen LogP contribution in [0.15, 0.2) is 36.7 Å². The molecule has 1 heterocycles. The van der Waals surface area contributed by atoms with Crippen LogP contribution < -0.4 is 10.6 Å². The van der Waals surface area contributed by atoms with Crippen molar-refractivity contribution in [3.05, 3.63) is 47.9 Å². The molecule has 2 aromatic rings. The Morgan fingerprint density at radius 2 is 1.88 bits per heavy atom. The summed E-state index contributed by atoms with van der Waals surface area (Å²) in [5.74, 6) is 1.40. The average Bonchev–Trinajstić information content (AvgIpc) is 2.55. The number of anilines is 2. The number of para-hydroxylation sites is 1. The fourth-order valence-electron chi connectivity index (χ4n) is 2.37. The zero-order valence-electron chi connectivity index (χ0n) is 14.8. The number of hydrogen-bond donors (Lipinski definition) is 2. The van der Waals surface area contributed by atoms with E-state index in [0.29, 0.717) is 29.9 Å². The van der Waals surface area contributed by atoms with E-state index in [4.69, 9.17) is 0 Å². The number of carbonyl (C=O) groups is 1. The number of carbonyl (C=O) groups excluding carboxylic acids is 1. The Balaban J connectivity index is 2.09. The van der Waals surface area contributed by atoms with Crippen molar-refractivity contribution in [1.82, 2.24) is 15.3 Å². The number of hydrogen-bond acceptors (Lipinski definition) is 4. The SMILES string of the molecule is CC(C)CCNC(=O)c1cc(Nc2ccccc2C(C)C)ncn1. The first-order valence-corrected chi connectivity index (χ1v) is 8.43. The molecule has 0 fully saturated rings. The van der Waals surface area contributed by atoms with Crippen molar-refractivity contribution in [1.29, 1.82) is 0 Å². The van der Waals surface area contributed by atoms with Gasteiger partial charge in [-0.1, -0.05) is 45.9 Å². The van der Waals surface area contributed by atoms with E-state index in [9.17, 15) is 4.79 Å². The number of benzene rings is 1. The van der Waals surface area contributed by atoms with E-state index >= 15 is 0 Å². The number of rotatable bonds is 7. The Morgan fingerprint density at radius 1 is 1.12 bits per heavy atom. The van der Waals surface area contributed by atoms with Gasteiger partial charge in [-0.3, -0.25) is 4.79 Å². The standard InChI is InChI=1S/C19H26N4O/c1-13(2)9-10-20-19(24)17-11-18(22-12-21-17)23-16-8-6-5-7-15(16)14(3)4/h5-8,11-14H,9-10H2,1-4H3,(H,20,24)(H,21,22,23). The van der Waals surface area contributed by atoms with E-state index in [1.54, 1.807) is 6.07 Å². The number of nitrogens with one attached hydrogen (secondary N) is 2. The van der Waals surface area contributed by atoms with Crippen LogP contribution in [0.1, 0.15) is 56.1 Å². The highest BCUT2D eigenvalue weighted by Gasteiger charge is 2.10. The average molecular weight is 326 g/mol. The molecule has 5 nitrogen and oxygen atoms in total. The van der Waals surface area contributed by atoms with E-state index in [2.05, 4.69) is 54.4 Å². The Kier molecular flexibility index (Phi) is 6.29. The van der Waals surface area contributed by atoms with Gasteiger partial charge in [-0.05, 0) is 29.9 Å². The highest BCUT2D eigenvalue weighted by atomic mass is 16.1. The molecule has 0 aliphatic carbocycles. The predicted molar refractivity (Wildman–Crippen MR) is 97.6 cm³/mol. The number of amides is 1. The molecular weight excluding hydrogens is 300 g/mol. The molecule has 0 aliphatic heterocycles. The minimum absolute atomic E-state index is 0.168. The van der Waals surface area contributed by atoms with Crippen molar-refractivity contribution in [2.75, 3.05) is 11.9 Å². The van der Waals surface area contributed by atoms with Gasteiger partial charge in [-0.25, -0.2) is 9.97 Å². The third kappa shape index (κ3) is 5.05. The van der Waals surface area contributed by atoms with Gasteiger partial charge in [0.15, 0.2) is 0 Å². The van der Waals surface area contributed by atoms with Crippen LogP contribution in [0.25, 0.3) is 0 Å². The van der Waals surface area contributed by atoms with Crippen molar-refractivity contribution in [2.24, 2.45) is 5.92 Å². The van der Waals surface area contributed by atoms with Crippen molar-refractivity contribution in [3.63, 3.8) is 0 Å². The topological polar surface area (TPSA) is 66.9 Å². The smallest absolute Gasteiger partial charge is 0.270 e. The molecule has 0 spiro atoms. The van der Waals surface area contributed by atoms with Gasteiger partial charge < -0.3 is 10.6 Å². The molecule has 5 heteroatoms. The summed E-state index contributed by atoms with van der Waals surface area (Å²) in [6.45, 7) is 9.21. The second kappa shape index (κ2) is 8.43. The van der Waals surface area contributed by atoms with Gasteiger partial charge in [0.2, 0.25) is 0 Å². The first-order chi connectivity index (χ1) is 11.5. The van der Waals surface area contributed by atoms with Crippen LogP contribution in [-0.2, 0) is 0 Å². The summed E-state index contributed by atoms with van der Waals surface area (Å²) >= 11 is 0. The van der Waals surface area contributed by atoms with Crippen molar-refractivity contribution in [3.8, 4) is 0 Å². The molecular formula is C19H26N4O. The maximum absolute atomic E-state index is 12.2. The zero-order valence-corrected chi connectivity index (χ0v) is 14.8. The maximum Gasteiger partial charge on any atom is 0.270 e. The summed E-state index contributed by atoms with van der Waals surface area (Å²) < 4.78 is 0. The molecule has 0 saturated carbocycles. The van der Waals surface area contributed by atoms with Gasteiger partial charge in [0, 0.05) is 18.3 Å². The van der Waals surface area contributed by atoms with E-state index in [1.807, 2.05) is 18.2 Å². The first-order valence-electron chi connectivity index (χ1n) is 8.43. The molecule has 0 saturated heterocycles. The van der Waals surface area contributed by atoms with Gasteiger partial charge in [0.1, 0.15) is 17.8 Å². The molecule has 0 radical (unpaired) electrons. The largest absolute Gasteiger partial charge is 0.351 e. The van der Waals surface area contributed by atoms with Gasteiger partial charge in [0.05, 0.1) is 0 Å². The fraction of sp³-hybridized carbons (Fsp3) is 0.421. The minimum atomic E-state index is -0.168. The molecule has 0 unspecified atom stereocenters. The van der Waals surface area contributed by atoms with Crippen molar-refractivity contribution >= 4 is 17.4 Å². The van der Waals surface area contributed by atoms with Crippen molar-refractivity contribution in [2.45, 2.75) is 40.0 Å². The van der Waals surface area contributed by atoms with E-state index in [0.717, 1.165) is 12.1 Å². The van der Waals surface area contributed by atoms with E-state index in [-0.39, 0.29) is 5.91 Å². The summed E-state index contributed by atoms with van der Waals surface area (Å²) in [5, 5.41) is 6.19. The Hall–Kier alpha value is -2.43. The molecule has 1 aromatic carbocycles. The van der Waals surface area contributed by atoms with E-state index in [1.165, 1.54) is 11.9 Å². The molecule has 0 atom stereocenters. The fourth-order valence-corrected chi connectivity index (χ4v) is 2.37. The van der Waals surface area contributed by atoms with Gasteiger partial charge in [-0.15, -0.1) is 0 Å². The third-order valence-electron chi connectivity index (χ3n) is 3.75. The van der Waals surface area contributed by atoms with Crippen LogP contribution in [0.2, 0.25) is 0 Å². The van der Waals surface area contributed by atoms with E-state index < -0.39 is 0 Å². The molecule has 0 aliphatic rings. The Bertz CT molecular complexity index is 683. The summed E-state index contributed by atoms with van der Waals surface area (Å²) in [6.07, 6.45) is 2.36. The Morgan fingerprint density at radius 3 is 2.58 bits per heavy atom. The van der Waals surface area contributed by atoms with Gasteiger partial charge >= 0.3 is 0 Å². The summed E-state index contributed by atoms with van der Waals surface area (Å²) in [7, 11) is 0. The maximum atomic E-state index is 12.2. The second-order valence-electron chi connectivity index (χ2n) is 6.59. The quantitative estimate of drug-likeness (QED) is 0.803. The highest BCUT2D eigenvalue weighted by molar-refractivity contribution is 5.92. The summed E-state index contributed by atoms with van der Waals surface area (Å²) in [4.78, 5) is 20.5. The molecule has 128 valence electrons. The van der Waals surface area contributed by atoms with Gasteiger partial charge in [0.25, 0.3) is 5.91 Å². The molecule has 2 N–H and O–H groups in total. The van der Waals surface area contributed by atoms with Crippen LogP contribution >= 0.6 is 0 Å². The number of nitrogens with zero attached hydrogens (tertiary/aromatic N) is 2. The summed E-state index contributed by atoms with van der Waals surface area (Å²) in [6, 6.07) is 9.79. The molecule has 24 heavy (non-hydrogen) atoms. The highest BCUT2D eigenvalue weighted by Crippen LogP contribution is 2.26. The van der Waals surface area contributed by atoms with Crippen LogP contribution in [-0.4, -0.2) is 22.4 Å². The zero-order chi connectivity index (χ0) is 17.5. The second-order valence-corrected chi connectivity index (χ2v) is 6.59. The molecule has 1 aromatic heterocycles.